The molecule has 0 aromatic carbocycles. The van der Waals surface area contributed by atoms with Gasteiger partial charge in [0, 0.05) is 13.1 Å². The van der Waals surface area contributed by atoms with Crippen LogP contribution in [0.3, 0.4) is 0 Å². The molecule has 1 unspecified atom stereocenters. The van der Waals surface area contributed by atoms with Crippen LogP contribution in [0.2, 0.25) is 0 Å². The fraction of sp³-hybridized carbons (Fsp3) is 0.818. The monoisotopic (exact) mass is 319 g/mol. The van der Waals surface area contributed by atoms with Crippen molar-refractivity contribution in [1.82, 2.24) is 23.7 Å². The molecule has 1 aliphatic rings. The van der Waals surface area contributed by atoms with E-state index in [1.165, 1.54) is 10.4 Å². The molecule has 7 nitrogen and oxygen atoms in total. The van der Waals surface area contributed by atoms with E-state index in [1.54, 1.807) is 4.68 Å². The Kier molecular flexibility index (Phi) is 5.12. The smallest absolute Gasteiger partial charge is 0.283 e. The van der Waals surface area contributed by atoms with Gasteiger partial charge in [0.2, 0.25) is 0 Å². The Morgan fingerprint density at radius 2 is 2.15 bits per heavy atom. The minimum absolute atomic E-state index is 0.0775. The molecule has 1 aromatic heterocycles. The summed E-state index contributed by atoms with van der Waals surface area (Å²) in [5.74, 6) is 0. The van der Waals surface area contributed by atoms with Crippen molar-refractivity contribution in [2.24, 2.45) is 0 Å². The topological polar surface area (TPSA) is 71.3 Å². The Morgan fingerprint density at radius 3 is 2.70 bits per heavy atom. The van der Waals surface area contributed by atoms with E-state index in [-0.39, 0.29) is 5.16 Å². The first-order valence-electron chi connectivity index (χ1n) is 6.76. The molecule has 1 fully saturated rings. The molecule has 20 heavy (non-hydrogen) atoms. The van der Waals surface area contributed by atoms with E-state index in [0.717, 1.165) is 19.4 Å². The van der Waals surface area contributed by atoms with Gasteiger partial charge < -0.3 is 4.90 Å². The Morgan fingerprint density at radius 1 is 1.45 bits per heavy atom. The number of aromatic nitrogens is 3. The maximum Gasteiger partial charge on any atom is 0.283 e. The van der Waals surface area contributed by atoms with Gasteiger partial charge in [-0.2, -0.15) is 4.08 Å². The number of sulfonamides is 1. The molecule has 1 aromatic rings. The minimum Gasteiger partial charge on any atom is -0.308 e. The van der Waals surface area contributed by atoms with Gasteiger partial charge in [0.15, 0.2) is 0 Å². The highest BCUT2D eigenvalue weighted by Gasteiger charge is 2.33. The zero-order valence-electron chi connectivity index (χ0n) is 12.2. The van der Waals surface area contributed by atoms with Gasteiger partial charge in [-0.15, -0.1) is 5.10 Å². The van der Waals surface area contributed by atoms with Crippen LogP contribution in [0.4, 0.5) is 0 Å². The van der Waals surface area contributed by atoms with Gasteiger partial charge in [0.1, 0.15) is 6.33 Å². The van der Waals surface area contributed by atoms with Gasteiger partial charge in [-0.25, -0.2) is 13.4 Å². The van der Waals surface area contributed by atoms with E-state index in [9.17, 15) is 8.42 Å². The minimum atomic E-state index is -3.53. The quantitative estimate of drug-likeness (QED) is 0.657. The molecule has 0 radical (unpaired) electrons. The molecule has 114 valence electrons. The van der Waals surface area contributed by atoms with Crippen LogP contribution in [0.25, 0.3) is 0 Å². The molecule has 0 bridgehead atoms. The van der Waals surface area contributed by atoms with Crippen LogP contribution >= 0.6 is 8.73 Å². The Bertz CT molecular complexity index is 541. The number of likely N-dealkylation sites (N-methyl/N-ethyl adjacent to an activating group) is 1. The highest BCUT2D eigenvalue weighted by Crippen LogP contribution is 2.43. The predicted molar refractivity (Wildman–Crippen MR) is 79.5 cm³/mol. The van der Waals surface area contributed by atoms with Gasteiger partial charge in [-0.3, -0.25) is 4.68 Å². The summed E-state index contributed by atoms with van der Waals surface area (Å²) in [6.07, 6.45) is 3.76. The van der Waals surface area contributed by atoms with Crippen LogP contribution in [-0.4, -0.2) is 65.0 Å². The first-order valence-corrected chi connectivity index (χ1v) is 9.23. The molecule has 1 aliphatic carbocycles. The van der Waals surface area contributed by atoms with Crippen molar-refractivity contribution in [3.63, 3.8) is 0 Å². The van der Waals surface area contributed by atoms with E-state index in [4.69, 9.17) is 0 Å². The van der Waals surface area contributed by atoms with Crippen LogP contribution in [0.15, 0.2) is 11.5 Å². The molecule has 2 rings (SSSR count). The second kappa shape index (κ2) is 6.47. The second-order valence-electron chi connectivity index (χ2n) is 5.17. The molecule has 9 heteroatoms. The molecule has 0 aliphatic heterocycles. The Balaban J connectivity index is 2.07. The lowest BCUT2D eigenvalue weighted by molar-refractivity contribution is 0.371. The van der Waals surface area contributed by atoms with E-state index >= 15 is 0 Å². The molecule has 0 spiro atoms. The summed E-state index contributed by atoms with van der Waals surface area (Å²) in [6, 6.07) is 0. The van der Waals surface area contributed by atoms with E-state index < -0.39 is 10.0 Å². The summed E-state index contributed by atoms with van der Waals surface area (Å²) in [4.78, 5) is 5.99. The zero-order chi connectivity index (χ0) is 14.8. The molecule has 0 saturated heterocycles. The SMILES string of the molecule is CCN(PC1CC1)S(=O)(=O)c1ncn(CCN(C)C)n1. The Hall–Kier alpha value is -0.560. The van der Waals surface area contributed by atoms with Crippen molar-refractivity contribution in [3.05, 3.63) is 6.33 Å². The summed E-state index contributed by atoms with van der Waals surface area (Å²) in [6.45, 7) is 3.76. The van der Waals surface area contributed by atoms with Crippen molar-refractivity contribution in [1.29, 1.82) is 0 Å². The standard InChI is InChI=1S/C11H22N5O2PS/c1-4-16(19-10-5-6-10)20(17,18)11-12-9-15(13-11)8-7-14(2)3/h9-10,19H,4-8H2,1-3H3. The van der Waals surface area contributed by atoms with Crippen molar-refractivity contribution in [2.75, 3.05) is 27.2 Å². The van der Waals surface area contributed by atoms with Gasteiger partial charge in [0.05, 0.1) is 6.54 Å². The third-order valence-corrected chi connectivity index (χ3v) is 7.07. The van der Waals surface area contributed by atoms with Crippen LogP contribution in [0.5, 0.6) is 0 Å². The van der Waals surface area contributed by atoms with Gasteiger partial charge in [0.25, 0.3) is 15.2 Å². The first kappa shape index (κ1) is 15.8. The second-order valence-corrected chi connectivity index (χ2v) is 8.86. The van der Waals surface area contributed by atoms with Gasteiger partial charge in [-0.05, 0) is 41.3 Å². The van der Waals surface area contributed by atoms with Crippen molar-refractivity contribution < 1.29 is 8.42 Å². The third kappa shape index (κ3) is 3.97. The normalized spacial score (nSPS) is 16.9. The third-order valence-electron chi connectivity index (χ3n) is 3.00. The lowest BCUT2D eigenvalue weighted by Crippen LogP contribution is -2.25. The highest BCUT2D eigenvalue weighted by atomic mass is 32.2. The molecule has 0 N–H and O–H groups in total. The summed E-state index contributed by atoms with van der Waals surface area (Å²) >= 11 is 0. The van der Waals surface area contributed by atoms with Crippen LogP contribution in [0, 0.1) is 0 Å². The van der Waals surface area contributed by atoms with E-state index in [1.807, 2.05) is 25.9 Å². The van der Waals surface area contributed by atoms with Gasteiger partial charge in [-0.1, -0.05) is 6.92 Å². The highest BCUT2D eigenvalue weighted by molar-refractivity contribution is 7.92. The largest absolute Gasteiger partial charge is 0.308 e. The molecule has 0 amide bonds. The summed E-state index contributed by atoms with van der Waals surface area (Å²) in [5, 5.41) is 4.03. The predicted octanol–water partition coefficient (Wildman–Crippen LogP) is 0.606. The number of nitrogens with zero attached hydrogens (tertiary/aromatic N) is 5. The number of hydrogen-bond acceptors (Lipinski definition) is 5. The molecule has 1 saturated carbocycles. The number of rotatable bonds is 8. The van der Waals surface area contributed by atoms with Crippen LogP contribution in [0.1, 0.15) is 19.8 Å². The van der Waals surface area contributed by atoms with Crippen LogP contribution in [-0.2, 0) is 16.6 Å². The lowest BCUT2D eigenvalue weighted by Gasteiger charge is -2.17. The molecule has 1 atom stereocenters. The maximum atomic E-state index is 12.5. The fourth-order valence-corrected chi connectivity index (χ4v) is 4.84. The summed E-state index contributed by atoms with van der Waals surface area (Å²) in [5.41, 5.74) is 0.542. The average Bonchev–Trinajstić information content (AvgIpc) is 3.07. The van der Waals surface area contributed by atoms with Crippen LogP contribution < -0.4 is 0 Å². The van der Waals surface area contributed by atoms with Crippen molar-refractivity contribution in [3.8, 4) is 0 Å². The lowest BCUT2D eigenvalue weighted by atomic mass is 10.6. The fourth-order valence-electron chi connectivity index (χ4n) is 1.65. The first-order chi connectivity index (χ1) is 9.43. The molecule has 1 heterocycles. The molecular formula is C11H22N5O2PS. The number of hydrogen-bond donors (Lipinski definition) is 0. The molecular weight excluding hydrogens is 297 g/mol. The Labute approximate surface area is 122 Å². The van der Waals surface area contributed by atoms with Gasteiger partial charge >= 0.3 is 0 Å². The van der Waals surface area contributed by atoms with E-state index in [2.05, 4.69) is 10.1 Å². The average molecular weight is 319 g/mol. The zero-order valence-corrected chi connectivity index (χ0v) is 14.0. The van der Waals surface area contributed by atoms with Crippen molar-refractivity contribution in [2.45, 2.75) is 37.1 Å². The van der Waals surface area contributed by atoms with Crippen molar-refractivity contribution >= 4 is 18.8 Å². The van der Waals surface area contributed by atoms with E-state index in [0.29, 0.717) is 27.5 Å². The summed E-state index contributed by atoms with van der Waals surface area (Å²) in [7, 11) is 0.712. The maximum absolute atomic E-state index is 12.5. The summed E-state index contributed by atoms with van der Waals surface area (Å²) < 4.78 is 28.0.